The van der Waals surface area contributed by atoms with Gasteiger partial charge in [-0.2, -0.15) is 5.26 Å². The lowest BCUT2D eigenvalue weighted by Crippen LogP contribution is -2.48. The SMILES string of the molecule is CNC1(C#N)CCCC(Oc2cccc(S(C)(=O)=O)c2)C1. The highest BCUT2D eigenvalue weighted by molar-refractivity contribution is 7.90. The minimum atomic E-state index is -3.24. The quantitative estimate of drug-likeness (QED) is 0.919. The molecular formula is C15H20N2O3S. The molecule has 21 heavy (non-hydrogen) atoms. The number of nitrogens with zero attached hydrogens (tertiary/aromatic N) is 1. The molecule has 114 valence electrons. The molecule has 1 aromatic rings. The maximum absolute atomic E-state index is 11.6. The zero-order valence-electron chi connectivity index (χ0n) is 12.3. The lowest BCUT2D eigenvalue weighted by atomic mass is 9.81. The number of ether oxygens (including phenoxy) is 1. The van der Waals surface area contributed by atoms with Crippen molar-refractivity contribution in [3.8, 4) is 11.8 Å². The first kappa shape index (κ1) is 15.8. The number of nitrogens with one attached hydrogen (secondary N) is 1. The van der Waals surface area contributed by atoms with Crippen LogP contribution in [0.4, 0.5) is 0 Å². The summed E-state index contributed by atoms with van der Waals surface area (Å²) in [4.78, 5) is 0.246. The minimum Gasteiger partial charge on any atom is -0.490 e. The Bertz CT molecular complexity index is 651. The summed E-state index contributed by atoms with van der Waals surface area (Å²) in [6.07, 6.45) is 4.28. The van der Waals surface area contributed by atoms with Crippen LogP contribution in [0.2, 0.25) is 0 Å². The molecule has 1 N–H and O–H groups in total. The first-order chi connectivity index (χ1) is 9.88. The zero-order chi connectivity index (χ0) is 15.5. The van der Waals surface area contributed by atoms with Crippen molar-refractivity contribution in [2.75, 3.05) is 13.3 Å². The summed E-state index contributed by atoms with van der Waals surface area (Å²) >= 11 is 0. The zero-order valence-corrected chi connectivity index (χ0v) is 13.1. The lowest BCUT2D eigenvalue weighted by Gasteiger charge is -2.35. The lowest BCUT2D eigenvalue weighted by molar-refractivity contribution is 0.115. The van der Waals surface area contributed by atoms with Crippen molar-refractivity contribution in [2.24, 2.45) is 0 Å². The fourth-order valence-electron chi connectivity index (χ4n) is 2.68. The highest BCUT2D eigenvalue weighted by Crippen LogP contribution is 2.31. The summed E-state index contributed by atoms with van der Waals surface area (Å²) < 4.78 is 29.0. The molecular weight excluding hydrogens is 288 g/mol. The molecule has 1 saturated carbocycles. The van der Waals surface area contributed by atoms with Gasteiger partial charge >= 0.3 is 0 Å². The van der Waals surface area contributed by atoms with Crippen LogP contribution in [0.25, 0.3) is 0 Å². The van der Waals surface area contributed by atoms with Gasteiger partial charge in [-0.1, -0.05) is 6.07 Å². The van der Waals surface area contributed by atoms with E-state index >= 15 is 0 Å². The molecule has 0 aromatic heterocycles. The van der Waals surface area contributed by atoms with Crippen molar-refractivity contribution < 1.29 is 13.2 Å². The summed E-state index contributed by atoms with van der Waals surface area (Å²) in [5, 5.41) is 12.4. The minimum absolute atomic E-state index is 0.0827. The fraction of sp³-hybridized carbons (Fsp3) is 0.533. The molecule has 0 aliphatic heterocycles. The second kappa shape index (κ2) is 6.04. The Morgan fingerprint density at radius 3 is 2.86 bits per heavy atom. The van der Waals surface area contributed by atoms with E-state index in [4.69, 9.17) is 4.74 Å². The Morgan fingerprint density at radius 2 is 2.24 bits per heavy atom. The molecule has 1 aliphatic rings. The van der Waals surface area contributed by atoms with E-state index in [-0.39, 0.29) is 11.0 Å². The normalized spacial score (nSPS) is 26.0. The molecule has 0 saturated heterocycles. The predicted molar refractivity (Wildman–Crippen MR) is 79.8 cm³/mol. The highest BCUT2D eigenvalue weighted by atomic mass is 32.2. The Labute approximate surface area is 125 Å². The summed E-state index contributed by atoms with van der Waals surface area (Å²) in [6.45, 7) is 0. The van der Waals surface area contributed by atoms with Gasteiger partial charge in [-0.25, -0.2) is 8.42 Å². The molecule has 6 heteroatoms. The highest BCUT2D eigenvalue weighted by Gasteiger charge is 2.36. The Hall–Kier alpha value is -1.58. The van der Waals surface area contributed by atoms with Gasteiger partial charge in [0.15, 0.2) is 9.84 Å². The topological polar surface area (TPSA) is 79.2 Å². The Balaban J connectivity index is 2.14. The smallest absolute Gasteiger partial charge is 0.175 e. The average molecular weight is 308 g/mol. The third kappa shape index (κ3) is 3.74. The van der Waals surface area contributed by atoms with Crippen LogP contribution >= 0.6 is 0 Å². The van der Waals surface area contributed by atoms with Crippen LogP contribution < -0.4 is 10.1 Å². The first-order valence-electron chi connectivity index (χ1n) is 6.95. The van der Waals surface area contributed by atoms with Gasteiger partial charge in [0.25, 0.3) is 0 Å². The first-order valence-corrected chi connectivity index (χ1v) is 8.85. The molecule has 5 nitrogen and oxygen atoms in total. The molecule has 0 heterocycles. The number of sulfone groups is 1. The van der Waals surface area contributed by atoms with Crippen molar-refractivity contribution in [1.29, 1.82) is 5.26 Å². The molecule has 0 spiro atoms. The molecule has 1 fully saturated rings. The van der Waals surface area contributed by atoms with Gasteiger partial charge in [0.05, 0.1) is 11.0 Å². The van der Waals surface area contributed by atoms with Gasteiger partial charge in [-0.05, 0) is 44.5 Å². The van der Waals surface area contributed by atoms with E-state index in [0.717, 1.165) is 19.3 Å². The maximum Gasteiger partial charge on any atom is 0.175 e. The number of benzene rings is 1. The summed E-state index contributed by atoms with van der Waals surface area (Å²) in [5.74, 6) is 0.535. The third-order valence-corrected chi connectivity index (χ3v) is 5.04. The van der Waals surface area contributed by atoms with Crippen LogP contribution in [0.3, 0.4) is 0 Å². The van der Waals surface area contributed by atoms with Gasteiger partial charge in [0, 0.05) is 12.7 Å². The van der Waals surface area contributed by atoms with Crippen molar-refractivity contribution in [1.82, 2.24) is 5.32 Å². The van der Waals surface area contributed by atoms with Crippen LogP contribution in [-0.4, -0.2) is 33.4 Å². The van der Waals surface area contributed by atoms with Crippen molar-refractivity contribution in [3.05, 3.63) is 24.3 Å². The molecule has 2 rings (SSSR count). The molecule has 0 radical (unpaired) electrons. The predicted octanol–water partition coefficient (Wildman–Crippen LogP) is 1.89. The molecule has 1 aromatic carbocycles. The monoisotopic (exact) mass is 308 g/mol. The van der Waals surface area contributed by atoms with Gasteiger partial charge in [0.2, 0.25) is 0 Å². The molecule has 1 aliphatic carbocycles. The van der Waals surface area contributed by atoms with Gasteiger partial charge in [0.1, 0.15) is 17.4 Å². The van der Waals surface area contributed by atoms with E-state index in [1.165, 1.54) is 12.3 Å². The van der Waals surface area contributed by atoms with Crippen LogP contribution in [0.1, 0.15) is 25.7 Å². The number of nitriles is 1. The summed E-state index contributed by atoms with van der Waals surface area (Å²) in [7, 11) is -1.46. The second-order valence-electron chi connectivity index (χ2n) is 5.53. The second-order valence-corrected chi connectivity index (χ2v) is 7.54. The third-order valence-electron chi connectivity index (χ3n) is 3.93. The van der Waals surface area contributed by atoms with E-state index < -0.39 is 15.4 Å². The fourth-order valence-corrected chi connectivity index (χ4v) is 3.34. The average Bonchev–Trinajstić information content (AvgIpc) is 2.47. The number of hydrogen-bond donors (Lipinski definition) is 1. The molecule has 0 amide bonds. The summed E-state index contributed by atoms with van der Waals surface area (Å²) in [5.41, 5.74) is -0.544. The van der Waals surface area contributed by atoms with Crippen LogP contribution in [0, 0.1) is 11.3 Å². The van der Waals surface area contributed by atoms with E-state index in [0.29, 0.717) is 12.2 Å². The van der Waals surface area contributed by atoms with E-state index in [1.807, 2.05) is 0 Å². The van der Waals surface area contributed by atoms with E-state index in [2.05, 4.69) is 11.4 Å². The van der Waals surface area contributed by atoms with Crippen molar-refractivity contribution in [3.63, 3.8) is 0 Å². The largest absolute Gasteiger partial charge is 0.490 e. The Morgan fingerprint density at radius 1 is 1.48 bits per heavy atom. The number of hydrogen-bond acceptors (Lipinski definition) is 5. The van der Waals surface area contributed by atoms with Crippen LogP contribution in [-0.2, 0) is 9.84 Å². The number of rotatable bonds is 4. The van der Waals surface area contributed by atoms with Gasteiger partial charge < -0.3 is 10.1 Å². The van der Waals surface area contributed by atoms with E-state index in [1.54, 1.807) is 25.2 Å². The van der Waals surface area contributed by atoms with Crippen molar-refractivity contribution >= 4 is 9.84 Å². The standard InChI is InChI=1S/C15H20N2O3S/c1-17-15(11-16)8-4-6-13(10-15)20-12-5-3-7-14(9-12)21(2,18)19/h3,5,7,9,13,17H,4,6,8,10H2,1-2H3. The Kier molecular flexibility index (Phi) is 4.55. The summed E-state index contributed by atoms with van der Waals surface area (Å²) in [6, 6.07) is 8.84. The molecule has 2 atom stereocenters. The van der Waals surface area contributed by atoms with Crippen LogP contribution in [0.15, 0.2) is 29.2 Å². The van der Waals surface area contributed by atoms with E-state index in [9.17, 15) is 13.7 Å². The molecule has 0 bridgehead atoms. The van der Waals surface area contributed by atoms with Crippen LogP contribution in [0.5, 0.6) is 5.75 Å². The maximum atomic E-state index is 11.6. The van der Waals surface area contributed by atoms with Crippen molar-refractivity contribution in [2.45, 2.75) is 42.2 Å². The molecule has 2 unspecified atom stereocenters. The van der Waals surface area contributed by atoms with Gasteiger partial charge in [-0.15, -0.1) is 0 Å². The van der Waals surface area contributed by atoms with Gasteiger partial charge in [-0.3, -0.25) is 0 Å².